The Labute approximate surface area is 143 Å². The molecule has 0 fully saturated rings. The molecule has 0 bridgehead atoms. The Bertz CT molecular complexity index is 614. The lowest BCUT2D eigenvalue weighted by atomic mass is 10.1. The normalized spacial score (nSPS) is 12.8. The molecule has 1 atom stereocenters. The van der Waals surface area contributed by atoms with Crippen molar-refractivity contribution in [2.45, 2.75) is 45.6 Å². The van der Waals surface area contributed by atoms with Crippen molar-refractivity contribution in [1.29, 1.82) is 0 Å². The van der Waals surface area contributed by atoms with Crippen molar-refractivity contribution >= 4 is 28.6 Å². The minimum atomic E-state index is 0.289. The van der Waals surface area contributed by atoms with Crippen molar-refractivity contribution in [3.63, 3.8) is 0 Å². The molecule has 2 N–H and O–H groups in total. The number of nitrogens with two attached hydrogens (primary N) is 1. The molecule has 0 aliphatic carbocycles. The average Bonchev–Trinajstić information content (AvgIpc) is 2.99. The molecule has 2 aromatic rings. The molecule has 1 unspecified atom stereocenters. The van der Waals surface area contributed by atoms with E-state index in [1.54, 1.807) is 7.11 Å². The van der Waals surface area contributed by atoms with Gasteiger partial charge in [-0.3, -0.25) is 0 Å². The van der Waals surface area contributed by atoms with Crippen molar-refractivity contribution in [2.24, 2.45) is 0 Å². The van der Waals surface area contributed by atoms with Gasteiger partial charge in [0.2, 0.25) is 0 Å². The van der Waals surface area contributed by atoms with E-state index in [-0.39, 0.29) is 6.04 Å². The standard InChI is InChI=1S/C17H28N4OS/c1-4-5-8-23-9-6-7-14(11-22-3)21-12-20-15-16(21)13(2)10-19-17(15)18/h10,12,14H,4-9,11H2,1-3H3,(H2,18,19). The SMILES string of the molecule is CCCCSCCCC(COC)n1cnc2c(N)ncc(C)c21. The van der Waals surface area contributed by atoms with Crippen LogP contribution in [0.4, 0.5) is 5.82 Å². The molecule has 0 saturated carbocycles. The van der Waals surface area contributed by atoms with Gasteiger partial charge in [-0.1, -0.05) is 13.3 Å². The Morgan fingerprint density at radius 1 is 1.30 bits per heavy atom. The van der Waals surface area contributed by atoms with Crippen LogP contribution in [0.15, 0.2) is 12.5 Å². The Hall–Kier alpha value is -1.27. The molecule has 0 saturated heterocycles. The van der Waals surface area contributed by atoms with Gasteiger partial charge in [0.1, 0.15) is 5.52 Å². The summed E-state index contributed by atoms with van der Waals surface area (Å²) in [6.45, 7) is 4.98. The molecule has 0 aliphatic heterocycles. The molecule has 2 heterocycles. The third kappa shape index (κ3) is 4.61. The summed E-state index contributed by atoms with van der Waals surface area (Å²) in [6.07, 6.45) is 8.55. The van der Waals surface area contributed by atoms with Gasteiger partial charge in [-0.25, -0.2) is 9.97 Å². The number of nitrogen functional groups attached to an aromatic ring is 1. The van der Waals surface area contributed by atoms with Crippen LogP contribution in [0.3, 0.4) is 0 Å². The van der Waals surface area contributed by atoms with Gasteiger partial charge in [-0.15, -0.1) is 0 Å². The van der Waals surface area contributed by atoms with Crippen LogP contribution in [0.2, 0.25) is 0 Å². The fraction of sp³-hybridized carbons (Fsp3) is 0.647. The molecule has 2 aromatic heterocycles. The fourth-order valence-corrected chi connectivity index (χ4v) is 3.84. The number of hydrogen-bond donors (Lipinski definition) is 1. The van der Waals surface area contributed by atoms with Crippen molar-refractivity contribution in [1.82, 2.24) is 14.5 Å². The number of aromatic nitrogens is 3. The number of anilines is 1. The van der Waals surface area contributed by atoms with Gasteiger partial charge >= 0.3 is 0 Å². The number of unbranched alkanes of at least 4 members (excludes halogenated alkanes) is 1. The van der Waals surface area contributed by atoms with Gasteiger partial charge < -0.3 is 15.0 Å². The molecule has 0 aromatic carbocycles. The lowest BCUT2D eigenvalue weighted by Crippen LogP contribution is -2.15. The summed E-state index contributed by atoms with van der Waals surface area (Å²) < 4.78 is 7.65. The van der Waals surface area contributed by atoms with Crippen LogP contribution in [-0.2, 0) is 4.74 Å². The van der Waals surface area contributed by atoms with E-state index in [4.69, 9.17) is 10.5 Å². The summed E-state index contributed by atoms with van der Waals surface area (Å²) in [4.78, 5) is 8.66. The molecule has 0 amide bonds. The number of ether oxygens (including phenoxy) is 1. The average molecular weight is 337 g/mol. The van der Waals surface area contributed by atoms with E-state index in [0.29, 0.717) is 12.4 Å². The summed E-state index contributed by atoms with van der Waals surface area (Å²) in [5.74, 6) is 2.96. The largest absolute Gasteiger partial charge is 0.383 e. The van der Waals surface area contributed by atoms with Crippen LogP contribution in [-0.4, -0.2) is 39.8 Å². The maximum atomic E-state index is 5.96. The summed E-state index contributed by atoms with van der Waals surface area (Å²) in [7, 11) is 1.75. The molecule has 2 rings (SSSR count). The number of thioether (sulfide) groups is 1. The highest BCUT2D eigenvalue weighted by molar-refractivity contribution is 7.99. The number of aryl methyl sites for hydroxylation is 1. The third-order valence-electron chi connectivity index (χ3n) is 4.03. The van der Waals surface area contributed by atoms with Gasteiger partial charge in [-0.2, -0.15) is 11.8 Å². The van der Waals surface area contributed by atoms with Crippen LogP contribution >= 0.6 is 11.8 Å². The molecule has 128 valence electrons. The van der Waals surface area contributed by atoms with E-state index in [9.17, 15) is 0 Å². The van der Waals surface area contributed by atoms with E-state index in [1.807, 2.05) is 24.3 Å². The molecular weight excluding hydrogens is 308 g/mol. The van der Waals surface area contributed by atoms with Crippen molar-refractivity contribution in [2.75, 3.05) is 31.0 Å². The predicted octanol–water partition coefficient (Wildman–Crippen LogP) is 3.82. The van der Waals surface area contributed by atoms with E-state index in [0.717, 1.165) is 23.0 Å². The highest BCUT2D eigenvalue weighted by Crippen LogP contribution is 2.26. The monoisotopic (exact) mass is 336 g/mol. The Balaban J connectivity index is 2.07. The lowest BCUT2D eigenvalue weighted by Gasteiger charge is -2.19. The quantitative estimate of drug-likeness (QED) is 0.668. The number of imidazole rings is 1. The zero-order valence-corrected chi connectivity index (χ0v) is 15.2. The van der Waals surface area contributed by atoms with Crippen molar-refractivity contribution < 1.29 is 4.74 Å². The van der Waals surface area contributed by atoms with Gasteiger partial charge in [0, 0.05) is 13.3 Å². The minimum absolute atomic E-state index is 0.289. The Morgan fingerprint density at radius 3 is 2.83 bits per heavy atom. The molecule has 23 heavy (non-hydrogen) atoms. The Kier molecular flexibility index (Phi) is 7.17. The smallest absolute Gasteiger partial charge is 0.151 e. The number of rotatable bonds is 10. The number of pyridine rings is 1. The van der Waals surface area contributed by atoms with E-state index in [1.165, 1.54) is 30.8 Å². The number of methoxy groups -OCH3 is 1. The molecular formula is C17H28N4OS. The predicted molar refractivity (Wildman–Crippen MR) is 99.1 cm³/mol. The second-order valence-electron chi connectivity index (χ2n) is 5.89. The third-order valence-corrected chi connectivity index (χ3v) is 5.18. The van der Waals surface area contributed by atoms with E-state index in [2.05, 4.69) is 28.4 Å². The summed E-state index contributed by atoms with van der Waals surface area (Å²) in [5.41, 5.74) is 8.94. The summed E-state index contributed by atoms with van der Waals surface area (Å²) >= 11 is 2.05. The first-order chi connectivity index (χ1) is 11.2. The summed E-state index contributed by atoms with van der Waals surface area (Å²) in [5, 5.41) is 0. The number of fused-ring (bicyclic) bond motifs is 1. The second kappa shape index (κ2) is 9.13. The minimum Gasteiger partial charge on any atom is -0.383 e. The zero-order valence-electron chi connectivity index (χ0n) is 14.4. The van der Waals surface area contributed by atoms with Gasteiger partial charge in [0.25, 0.3) is 0 Å². The van der Waals surface area contributed by atoms with E-state index >= 15 is 0 Å². The van der Waals surface area contributed by atoms with Gasteiger partial charge in [0.05, 0.1) is 24.5 Å². The van der Waals surface area contributed by atoms with Gasteiger partial charge in [-0.05, 0) is 43.3 Å². The Morgan fingerprint density at radius 2 is 2.09 bits per heavy atom. The molecule has 0 radical (unpaired) electrons. The van der Waals surface area contributed by atoms with Crippen LogP contribution in [0.5, 0.6) is 0 Å². The molecule has 5 nitrogen and oxygen atoms in total. The molecule has 6 heteroatoms. The van der Waals surface area contributed by atoms with E-state index < -0.39 is 0 Å². The highest BCUT2D eigenvalue weighted by Gasteiger charge is 2.17. The van der Waals surface area contributed by atoms with Crippen LogP contribution in [0, 0.1) is 6.92 Å². The first-order valence-corrected chi connectivity index (χ1v) is 9.48. The topological polar surface area (TPSA) is 66.0 Å². The maximum absolute atomic E-state index is 5.96. The number of nitrogens with zero attached hydrogens (tertiary/aromatic N) is 3. The van der Waals surface area contributed by atoms with Crippen molar-refractivity contribution in [3.8, 4) is 0 Å². The van der Waals surface area contributed by atoms with Gasteiger partial charge in [0.15, 0.2) is 5.82 Å². The van der Waals surface area contributed by atoms with Crippen LogP contribution < -0.4 is 5.73 Å². The first kappa shape index (κ1) is 18.1. The van der Waals surface area contributed by atoms with Crippen LogP contribution in [0.1, 0.15) is 44.2 Å². The maximum Gasteiger partial charge on any atom is 0.151 e. The fourth-order valence-electron chi connectivity index (χ4n) is 2.77. The zero-order chi connectivity index (χ0) is 16.7. The van der Waals surface area contributed by atoms with Crippen molar-refractivity contribution in [3.05, 3.63) is 18.1 Å². The molecule has 0 spiro atoms. The first-order valence-electron chi connectivity index (χ1n) is 8.33. The second-order valence-corrected chi connectivity index (χ2v) is 7.12. The summed E-state index contributed by atoms with van der Waals surface area (Å²) in [6, 6.07) is 0.289. The molecule has 0 aliphatic rings. The highest BCUT2D eigenvalue weighted by atomic mass is 32.2. The number of hydrogen-bond acceptors (Lipinski definition) is 5. The van der Waals surface area contributed by atoms with Crippen LogP contribution in [0.25, 0.3) is 11.0 Å². The lowest BCUT2D eigenvalue weighted by molar-refractivity contribution is 0.152.